The maximum absolute atomic E-state index is 5.92. The third-order valence-corrected chi connectivity index (χ3v) is 2.89. The van der Waals surface area contributed by atoms with Crippen LogP contribution in [0.1, 0.15) is 12.0 Å². The molecule has 2 heteroatoms. The molecule has 76 valence electrons. The molecule has 14 heavy (non-hydrogen) atoms. The average Bonchev–Trinajstić information content (AvgIpc) is 2.63. The fourth-order valence-corrected chi connectivity index (χ4v) is 1.91. The van der Waals surface area contributed by atoms with Gasteiger partial charge in [-0.25, -0.2) is 0 Å². The quantitative estimate of drug-likeness (QED) is 0.787. The van der Waals surface area contributed by atoms with Crippen LogP contribution in [0.2, 0.25) is 0 Å². The van der Waals surface area contributed by atoms with Gasteiger partial charge in [-0.15, -0.1) is 0 Å². The summed E-state index contributed by atoms with van der Waals surface area (Å²) in [5.74, 6) is 0.551. The van der Waals surface area contributed by atoms with Crippen LogP contribution in [-0.4, -0.2) is 19.3 Å². The van der Waals surface area contributed by atoms with Crippen LogP contribution in [0.3, 0.4) is 0 Å². The predicted molar refractivity (Wildman–Crippen MR) is 57.0 cm³/mol. The van der Waals surface area contributed by atoms with Crippen LogP contribution >= 0.6 is 0 Å². The van der Waals surface area contributed by atoms with Gasteiger partial charge in [0.15, 0.2) is 0 Å². The Morgan fingerprint density at radius 2 is 2.00 bits per heavy atom. The molecule has 1 heterocycles. The molecule has 1 aliphatic heterocycles. The van der Waals surface area contributed by atoms with Gasteiger partial charge < -0.3 is 10.5 Å². The van der Waals surface area contributed by atoms with Crippen molar-refractivity contribution in [1.29, 1.82) is 0 Å². The highest BCUT2D eigenvalue weighted by Crippen LogP contribution is 2.18. The summed E-state index contributed by atoms with van der Waals surface area (Å²) in [4.78, 5) is 0. The molecule has 1 fully saturated rings. The van der Waals surface area contributed by atoms with E-state index >= 15 is 0 Å². The standard InChI is InChI=1S/C12H17NO/c13-12-9-14-8-11(12)7-6-10-4-2-1-3-5-10/h1-5,11-12H,6-9,13H2. The minimum absolute atomic E-state index is 0.249. The predicted octanol–water partition coefficient (Wildman–Crippen LogP) is 1.59. The molecule has 2 N–H and O–H groups in total. The third kappa shape index (κ3) is 2.34. The molecule has 1 saturated heterocycles. The molecule has 0 saturated carbocycles. The van der Waals surface area contributed by atoms with E-state index in [0.29, 0.717) is 5.92 Å². The molecule has 2 atom stereocenters. The van der Waals surface area contributed by atoms with Crippen molar-refractivity contribution in [1.82, 2.24) is 0 Å². The third-order valence-electron chi connectivity index (χ3n) is 2.89. The van der Waals surface area contributed by atoms with Crippen molar-refractivity contribution in [3.63, 3.8) is 0 Å². The normalized spacial score (nSPS) is 26.6. The molecule has 0 amide bonds. The van der Waals surface area contributed by atoms with Gasteiger partial charge in [-0.1, -0.05) is 30.3 Å². The molecule has 1 aliphatic rings. The number of rotatable bonds is 3. The van der Waals surface area contributed by atoms with E-state index in [0.717, 1.165) is 26.1 Å². The largest absolute Gasteiger partial charge is 0.379 e. The molecule has 2 rings (SSSR count). The van der Waals surface area contributed by atoms with E-state index in [1.165, 1.54) is 5.56 Å². The molecular weight excluding hydrogens is 174 g/mol. The van der Waals surface area contributed by atoms with Gasteiger partial charge in [-0.05, 0) is 24.3 Å². The maximum Gasteiger partial charge on any atom is 0.0621 e. The monoisotopic (exact) mass is 191 g/mol. The molecule has 2 nitrogen and oxygen atoms in total. The van der Waals surface area contributed by atoms with Crippen LogP contribution < -0.4 is 5.73 Å². The Bertz CT molecular complexity index is 273. The first-order chi connectivity index (χ1) is 6.86. The first kappa shape index (κ1) is 9.69. The van der Waals surface area contributed by atoms with Gasteiger partial charge in [0.25, 0.3) is 0 Å². The molecular formula is C12H17NO. The zero-order valence-corrected chi connectivity index (χ0v) is 8.36. The van der Waals surface area contributed by atoms with Gasteiger partial charge in [0.05, 0.1) is 13.2 Å². The minimum Gasteiger partial charge on any atom is -0.379 e. The van der Waals surface area contributed by atoms with Gasteiger partial charge >= 0.3 is 0 Å². The van der Waals surface area contributed by atoms with Crippen LogP contribution in [0, 0.1) is 5.92 Å². The molecule has 1 aromatic carbocycles. The van der Waals surface area contributed by atoms with E-state index in [1.807, 2.05) is 6.07 Å². The smallest absolute Gasteiger partial charge is 0.0621 e. The lowest BCUT2D eigenvalue weighted by atomic mass is 9.96. The Hall–Kier alpha value is -0.860. The highest BCUT2D eigenvalue weighted by Gasteiger charge is 2.23. The van der Waals surface area contributed by atoms with Crippen molar-refractivity contribution in [3.05, 3.63) is 35.9 Å². The first-order valence-corrected chi connectivity index (χ1v) is 5.23. The van der Waals surface area contributed by atoms with E-state index in [2.05, 4.69) is 24.3 Å². The second kappa shape index (κ2) is 4.58. The Balaban J connectivity index is 1.82. The van der Waals surface area contributed by atoms with E-state index in [-0.39, 0.29) is 6.04 Å². The molecule has 0 spiro atoms. The van der Waals surface area contributed by atoms with Gasteiger partial charge in [-0.2, -0.15) is 0 Å². The lowest BCUT2D eigenvalue weighted by molar-refractivity contribution is 0.183. The van der Waals surface area contributed by atoms with Crippen molar-refractivity contribution < 1.29 is 4.74 Å². The Kier molecular flexibility index (Phi) is 3.17. The molecule has 1 aromatic rings. The topological polar surface area (TPSA) is 35.2 Å². The van der Waals surface area contributed by atoms with Crippen LogP contribution in [0.5, 0.6) is 0 Å². The van der Waals surface area contributed by atoms with Crippen LogP contribution in [0.4, 0.5) is 0 Å². The number of aryl methyl sites for hydroxylation is 1. The minimum atomic E-state index is 0.249. The first-order valence-electron chi connectivity index (χ1n) is 5.23. The zero-order valence-electron chi connectivity index (χ0n) is 8.36. The van der Waals surface area contributed by atoms with Gasteiger partial charge in [0.1, 0.15) is 0 Å². The summed E-state index contributed by atoms with van der Waals surface area (Å²) in [6, 6.07) is 10.8. The summed E-state index contributed by atoms with van der Waals surface area (Å²) < 4.78 is 5.33. The number of ether oxygens (including phenoxy) is 1. The second-order valence-electron chi connectivity index (χ2n) is 3.99. The van der Waals surface area contributed by atoms with Gasteiger partial charge in [-0.3, -0.25) is 0 Å². The fraction of sp³-hybridized carbons (Fsp3) is 0.500. The Morgan fingerprint density at radius 3 is 2.64 bits per heavy atom. The van der Waals surface area contributed by atoms with E-state index < -0.39 is 0 Å². The highest BCUT2D eigenvalue weighted by atomic mass is 16.5. The summed E-state index contributed by atoms with van der Waals surface area (Å²) in [5.41, 5.74) is 7.31. The van der Waals surface area contributed by atoms with E-state index in [9.17, 15) is 0 Å². The summed E-state index contributed by atoms with van der Waals surface area (Å²) in [5, 5.41) is 0. The van der Waals surface area contributed by atoms with Crippen molar-refractivity contribution in [2.24, 2.45) is 11.7 Å². The van der Waals surface area contributed by atoms with Crippen LogP contribution in [-0.2, 0) is 11.2 Å². The summed E-state index contributed by atoms with van der Waals surface area (Å²) in [7, 11) is 0. The van der Waals surface area contributed by atoms with Crippen molar-refractivity contribution in [2.45, 2.75) is 18.9 Å². The van der Waals surface area contributed by atoms with Gasteiger partial charge in [0, 0.05) is 6.04 Å². The maximum atomic E-state index is 5.92. The van der Waals surface area contributed by atoms with Crippen molar-refractivity contribution in [2.75, 3.05) is 13.2 Å². The molecule has 0 aliphatic carbocycles. The SMILES string of the molecule is NC1COCC1CCc1ccccc1. The van der Waals surface area contributed by atoms with Gasteiger partial charge in [0.2, 0.25) is 0 Å². The zero-order chi connectivity index (χ0) is 9.80. The summed E-state index contributed by atoms with van der Waals surface area (Å²) in [6.07, 6.45) is 2.26. The molecule has 2 unspecified atom stereocenters. The lowest BCUT2D eigenvalue weighted by Crippen LogP contribution is -2.28. The number of nitrogens with two attached hydrogens (primary N) is 1. The number of benzene rings is 1. The van der Waals surface area contributed by atoms with E-state index in [1.54, 1.807) is 0 Å². The summed E-state index contributed by atoms with van der Waals surface area (Å²) in [6.45, 7) is 1.58. The molecule has 0 aromatic heterocycles. The lowest BCUT2D eigenvalue weighted by Gasteiger charge is -2.12. The van der Waals surface area contributed by atoms with Crippen molar-refractivity contribution in [3.8, 4) is 0 Å². The average molecular weight is 191 g/mol. The van der Waals surface area contributed by atoms with Crippen LogP contribution in [0.15, 0.2) is 30.3 Å². The van der Waals surface area contributed by atoms with Crippen LogP contribution in [0.25, 0.3) is 0 Å². The number of hydrogen-bond acceptors (Lipinski definition) is 2. The van der Waals surface area contributed by atoms with Crippen molar-refractivity contribution >= 4 is 0 Å². The number of hydrogen-bond donors (Lipinski definition) is 1. The Labute approximate surface area is 85.1 Å². The Morgan fingerprint density at radius 1 is 1.21 bits per heavy atom. The fourth-order valence-electron chi connectivity index (χ4n) is 1.91. The highest BCUT2D eigenvalue weighted by molar-refractivity contribution is 5.14. The molecule has 0 radical (unpaired) electrons. The van der Waals surface area contributed by atoms with E-state index in [4.69, 9.17) is 10.5 Å². The summed E-state index contributed by atoms with van der Waals surface area (Å²) >= 11 is 0. The second-order valence-corrected chi connectivity index (χ2v) is 3.99. The molecule has 0 bridgehead atoms.